The molecule has 2 N–H and O–H groups in total. The number of sulfonamides is 1. The van der Waals surface area contributed by atoms with Crippen molar-refractivity contribution in [3.05, 3.63) is 47.3 Å². The van der Waals surface area contributed by atoms with E-state index < -0.39 is 16.0 Å². The van der Waals surface area contributed by atoms with E-state index in [0.717, 1.165) is 0 Å². The van der Waals surface area contributed by atoms with Gasteiger partial charge in [0.15, 0.2) is 0 Å². The molecular weight excluding hydrogens is 294 g/mol. The molecule has 0 fully saturated rings. The number of aromatic carboxylic acids is 1. The summed E-state index contributed by atoms with van der Waals surface area (Å²) in [6, 6.07) is 6.08. The van der Waals surface area contributed by atoms with Gasteiger partial charge in [0.2, 0.25) is 10.0 Å². The standard InChI is InChI=1S/C13H15N3O4S/c1-9-12(7-14-15-9)21(19,20)16(2)8-10-3-5-11(6-4-10)13(17)18/h3-7H,8H2,1-2H3,(H,14,15)(H,17,18). The lowest BCUT2D eigenvalue weighted by molar-refractivity contribution is 0.0697. The van der Waals surface area contributed by atoms with E-state index in [4.69, 9.17) is 5.11 Å². The fourth-order valence-electron chi connectivity index (χ4n) is 1.86. The van der Waals surface area contributed by atoms with E-state index in [9.17, 15) is 13.2 Å². The van der Waals surface area contributed by atoms with Crippen molar-refractivity contribution in [1.82, 2.24) is 14.5 Å². The summed E-state index contributed by atoms with van der Waals surface area (Å²) in [6.07, 6.45) is 1.27. The predicted molar refractivity (Wildman–Crippen MR) is 75.4 cm³/mol. The quantitative estimate of drug-likeness (QED) is 0.864. The summed E-state index contributed by atoms with van der Waals surface area (Å²) in [5, 5.41) is 15.1. The molecule has 0 saturated heterocycles. The largest absolute Gasteiger partial charge is 0.478 e. The van der Waals surface area contributed by atoms with Crippen LogP contribution in [0.5, 0.6) is 0 Å². The van der Waals surface area contributed by atoms with Crippen molar-refractivity contribution in [2.24, 2.45) is 0 Å². The minimum atomic E-state index is -3.63. The Balaban J connectivity index is 2.19. The van der Waals surface area contributed by atoms with Crippen LogP contribution in [0.25, 0.3) is 0 Å². The molecule has 0 saturated carbocycles. The molecule has 0 atom stereocenters. The summed E-state index contributed by atoms with van der Waals surface area (Å²) < 4.78 is 25.9. The highest BCUT2D eigenvalue weighted by Gasteiger charge is 2.24. The summed E-state index contributed by atoms with van der Waals surface area (Å²) >= 11 is 0. The topological polar surface area (TPSA) is 103 Å². The molecule has 0 aliphatic heterocycles. The molecular formula is C13H15N3O4S. The summed E-state index contributed by atoms with van der Waals surface area (Å²) in [4.78, 5) is 10.9. The number of carboxylic acid groups (broad SMARTS) is 1. The number of nitrogens with one attached hydrogen (secondary N) is 1. The number of aromatic amines is 1. The number of carbonyl (C=O) groups is 1. The highest BCUT2D eigenvalue weighted by molar-refractivity contribution is 7.89. The van der Waals surface area contributed by atoms with Crippen molar-refractivity contribution < 1.29 is 18.3 Å². The van der Waals surface area contributed by atoms with Crippen LogP contribution in [0.1, 0.15) is 21.6 Å². The van der Waals surface area contributed by atoms with Crippen molar-refractivity contribution >= 4 is 16.0 Å². The molecule has 1 aromatic heterocycles. The lowest BCUT2D eigenvalue weighted by Crippen LogP contribution is -2.26. The molecule has 1 heterocycles. The fraction of sp³-hybridized carbons (Fsp3) is 0.231. The second kappa shape index (κ2) is 5.66. The number of rotatable bonds is 5. The second-order valence-electron chi connectivity index (χ2n) is 4.62. The number of aryl methyl sites for hydroxylation is 1. The van der Waals surface area contributed by atoms with Gasteiger partial charge in [0.1, 0.15) is 4.90 Å². The van der Waals surface area contributed by atoms with Crippen LogP contribution in [0.4, 0.5) is 0 Å². The Kier molecular flexibility index (Phi) is 4.10. The van der Waals surface area contributed by atoms with Gasteiger partial charge in [-0.2, -0.15) is 9.40 Å². The molecule has 0 bridgehead atoms. The number of benzene rings is 1. The Labute approximate surface area is 122 Å². The van der Waals surface area contributed by atoms with Crippen molar-refractivity contribution in [1.29, 1.82) is 0 Å². The Morgan fingerprint density at radius 2 is 1.95 bits per heavy atom. The first kappa shape index (κ1) is 15.2. The molecule has 2 aromatic rings. The third-order valence-corrected chi connectivity index (χ3v) is 5.00. The lowest BCUT2D eigenvalue weighted by Gasteiger charge is -2.16. The van der Waals surface area contributed by atoms with Crippen LogP contribution in [-0.2, 0) is 16.6 Å². The average Bonchev–Trinajstić information content (AvgIpc) is 2.86. The third kappa shape index (κ3) is 3.11. The third-order valence-electron chi connectivity index (χ3n) is 3.08. The van der Waals surface area contributed by atoms with E-state index in [1.807, 2.05) is 0 Å². The highest BCUT2D eigenvalue weighted by atomic mass is 32.2. The number of nitrogens with zero attached hydrogens (tertiary/aromatic N) is 2. The monoisotopic (exact) mass is 309 g/mol. The first-order valence-corrected chi connectivity index (χ1v) is 7.55. The first-order valence-electron chi connectivity index (χ1n) is 6.11. The molecule has 0 spiro atoms. The molecule has 0 radical (unpaired) electrons. The average molecular weight is 309 g/mol. The maximum absolute atomic E-state index is 12.4. The Bertz CT molecular complexity index is 750. The summed E-state index contributed by atoms with van der Waals surface area (Å²) in [7, 11) is -2.16. The number of carboxylic acids is 1. The van der Waals surface area contributed by atoms with E-state index in [1.54, 1.807) is 19.1 Å². The van der Waals surface area contributed by atoms with Crippen molar-refractivity contribution in [2.75, 3.05) is 7.05 Å². The summed E-state index contributed by atoms with van der Waals surface area (Å²) in [6.45, 7) is 1.78. The Hall–Kier alpha value is -2.19. The zero-order valence-electron chi connectivity index (χ0n) is 11.6. The smallest absolute Gasteiger partial charge is 0.335 e. The van der Waals surface area contributed by atoms with Gasteiger partial charge in [0.25, 0.3) is 0 Å². The van der Waals surface area contributed by atoms with Crippen molar-refractivity contribution in [2.45, 2.75) is 18.4 Å². The Morgan fingerprint density at radius 1 is 1.33 bits per heavy atom. The van der Waals surface area contributed by atoms with E-state index >= 15 is 0 Å². The predicted octanol–water partition coefficient (Wildman–Crippen LogP) is 1.24. The van der Waals surface area contributed by atoms with Crippen LogP contribution < -0.4 is 0 Å². The second-order valence-corrected chi connectivity index (χ2v) is 6.64. The van der Waals surface area contributed by atoms with Crippen LogP contribution in [0, 0.1) is 6.92 Å². The number of hydrogen-bond donors (Lipinski definition) is 2. The van der Waals surface area contributed by atoms with Gasteiger partial charge in [-0.15, -0.1) is 0 Å². The maximum Gasteiger partial charge on any atom is 0.335 e. The molecule has 1 aromatic carbocycles. The van der Waals surface area contributed by atoms with E-state index in [1.165, 1.54) is 29.7 Å². The summed E-state index contributed by atoms with van der Waals surface area (Å²) in [5.74, 6) is -1.02. The van der Waals surface area contributed by atoms with Gasteiger partial charge in [-0.05, 0) is 24.6 Å². The van der Waals surface area contributed by atoms with Crippen LogP contribution in [0.2, 0.25) is 0 Å². The lowest BCUT2D eigenvalue weighted by atomic mass is 10.1. The van der Waals surface area contributed by atoms with Crippen LogP contribution in [0.3, 0.4) is 0 Å². The molecule has 0 amide bonds. The fourth-order valence-corrected chi connectivity index (χ4v) is 3.14. The molecule has 0 aliphatic rings. The Morgan fingerprint density at radius 3 is 2.43 bits per heavy atom. The van der Waals surface area contributed by atoms with Gasteiger partial charge in [0, 0.05) is 13.6 Å². The van der Waals surface area contributed by atoms with Crippen molar-refractivity contribution in [3.63, 3.8) is 0 Å². The van der Waals surface area contributed by atoms with E-state index in [-0.39, 0.29) is 17.0 Å². The van der Waals surface area contributed by atoms with Gasteiger partial charge in [-0.3, -0.25) is 5.10 Å². The molecule has 2 rings (SSSR count). The molecule has 8 heteroatoms. The molecule has 0 aliphatic carbocycles. The van der Waals surface area contributed by atoms with Gasteiger partial charge in [0.05, 0.1) is 17.5 Å². The number of hydrogen-bond acceptors (Lipinski definition) is 4. The van der Waals surface area contributed by atoms with E-state index in [0.29, 0.717) is 11.3 Å². The minimum absolute atomic E-state index is 0.132. The number of H-pyrrole nitrogens is 1. The van der Waals surface area contributed by atoms with Gasteiger partial charge >= 0.3 is 5.97 Å². The molecule has 21 heavy (non-hydrogen) atoms. The highest BCUT2D eigenvalue weighted by Crippen LogP contribution is 2.18. The first-order chi connectivity index (χ1) is 9.82. The maximum atomic E-state index is 12.4. The SMILES string of the molecule is Cc1[nH]ncc1S(=O)(=O)N(C)Cc1ccc(C(=O)O)cc1. The van der Waals surface area contributed by atoms with Gasteiger partial charge in [-0.25, -0.2) is 13.2 Å². The number of aromatic nitrogens is 2. The normalized spacial score (nSPS) is 11.8. The van der Waals surface area contributed by atoms with Gasteiger partial charge in [-0.1, -0.05) is 12.1 Å². The molecule has 112 valence electrons. The minimum Gasteiger partial charge on any atom is -0.478 e. The van der Waals surface area contributed by atoms with E-state index in [2.05, 4.69) is 10.2 Å². The van der Waals surface area contributed by atoms with Crippen LogP contribution in [0.15, 0.2) is 35.4 Å². The molecule has 0 unspecified atom stereocenters. The van der Waals surface area contributed by atoms with Gasteiger partial charge < -0.3 is 5.11 Å². The molecule has 7 nitrogen and oxygen atoms in total. The zero-order chi connectivity index (χ0) is 15.6. The summed E-state index contributed by atoms with van der Waals surface area (Å²) in [5.41, 5.74) is 1.34. The van der Waals surface area contributed by atoms with Crippen LogP contribution in [-0.4, -0.2) is 41.0 Å². The van der Waals surface area contributed by atoms with Crippen LogP contribution >= 0.6 is 0 Å². The zero-order valence-corrected chi connectivity index (χ0v) is 12.4. The van der Waals surface area contributed by atoms with Crippen molar-refractivity contribution in [3.8, 4) is 0 Å².